The number of nitrogens with zero attached hydrogens (tertiary/aromatic N) is 4. The van der Waals surface area contributed by atoms with Crippen molar-refractivity contribution in [2.45, 2.75) is 58.4 Å². The minimum atomic E-state index is -0.104. The second-order valence-corrected chi connectivity index (χ2v) is 9.22. The lowest BCUT2D eigenvalue weighted by atomic mass is 9.98. The molecule has 2 aromatic rings. The maximum absolute atomic E-state index is 13.4. The van der Waals surface area contributed by atoms with Gasteiger partial charge in [-0.2, -0.15) is 0 Å². The molecule has 2 aromatic heterocycles. The number of carbonyl (C=O) groups is 2. The molecule has 2 saturated heterocycles. The molecule has 164 valence electrons. The third-order valence-corrected chi connectivity index (χ3v) is 6.96. The second-order valence-electron chi connectivity index (χ2n) is 8.35. The lowest BCUT2D eigenvalue weighted by Crippen LogP contribution is -2.40. The van der Waals surface area contributed by atoms with Crippen molar-refractivity contribution in [3.8, 4) is 0 Å². The van der Waals surface area contributed by atoms with Gasteiger partial charge >= 0.3 is 5.97 Å². The zero-order valence-electron chi connectivity index (χ0n) is 17.8. The molecule has 7 nitrogen and oxygen atoms in total. The van der Waals surface area contributed by atoms with Crippen LogP contribution in [0.1, 0.15) is 68.1 Å². The predicted octanol–water partition coefficient (Wildman–Crippen LogP) is 3.58. The van der Waals surface area contributed by atoms with E-state index in [0.29, 0.717) is 25.4 Å². The van der Waals surface area contributed by atoms with Gasteiger partial charge in [0.15, 0.2) is 10.7 Å². The molecule has 8 heteroatoms. The van der Waals surface area contributed by atoms with E-state index in [9.17, 15) is 9.59 Å². The van der Waals surface area contributed by atoms with Crippen LogP contribution in [0.4, 0.5) is 0 Å². The summed E-state index contributed by atoms with van der Waals surface area (Å²) >= 11 is 1.56. The molecule has 4 heterocycles. The van der Waals surface area contributed by atoms with Crippen molar-refractivity contribution in [1.82, 2.24) is 19.2 Å². The summed E-state index contributed by atoms with van der Waals surface area (Å²) in [5, 5.41) is 2.01. The fourth-order valence-corrected chi connectivity index (χ4v) is 5.35. The number of imidazole rings is 1. The van der Waals surface area contributed by atoms with Crippen LogP contribution in [0.2, 0.25) is 0 Å². The minimum Gasteiger partial charge on any atom is -0.466 e. The van der Waals surface area contributed by atoms with Crippen molar-refractivity contribution in [3.63, 3.8) is 0 Å². The van der Waals surface area contributed by atoms with Crippen LogP contribution < -0.4 is 0 Å². The van der Waals surface area contributed by atoms with Crippen LogP contribution in [0.15, 0.2) is 11.6 Å². The fourth-order valence-electron chi connectivity index (χ4n) is 4.62. The molecule has 1 atom stereocenters. The number of fused-ring (bicyclic) bond motifs is 1. The van der Waals surface area contributed by atoms with E-state index in [1.165, 1.54) is 19.3 Å². The molecule has 0 aromatic carbocycles. The number of likely N-dealkylation sites (tertiary alicyclic amines) is 2. The predicted molar refractivity (Wildman–Crippen MR) is 117 cm³/mol. The van der Waals surface area contributed by atoms with E-state index in [2.05, 4.69) is 9.30 Å². The number of piperidine rings is 1. The Bertz CT molecular complexity index is 869. The first-order chi connectivity index (χ1) is 14.7. The Balaban J connectivity index is 1.54. The SMILES string of the molecule is CCOC(=O)[C@H]1CCCN(Cc2c(C(=O)N3CCCCCCC3)nc3sccn23)C1. The normalized spacial score (nSPS) is 21.4. The van der Waals surface area contributed by atoms with E-state index >= 15 is 0 Å². The Morgan fingerprint density at radius 3 is 2.67 bits per heavy atom. The number of esters is 1. The molecule has 0 bridgehead atoms. The van der Waals surface area contributed by atoms with E-state index in [1.807, 2.05) is 23.4 Å². The van der Waals surface area contributed by atoms with E-state index in [-0.39, 0.29) is 17.8 Å². The van der Waals surface area contributed by atoms with Gasteiger partial charge in [-0.15, -0.1) is 11.3 Å². The Kier molecular flexibility index (Phi) is 7.04. The molecular formula is C22H32N4O3S. The van der Waals surface area contributed by atoms with Gasteiger partial charge in [0.2, 0.25) is 0 Å². The summed E-state index contributed by atoms with van der Waals surface area (Å²) in [6.07, 6.45) is 9.62. The Labute approximate surface area is 182 Å². The van der Waals surface area contributed by atoms with Gasteiger partial charge < -0.3 is 9.64 Å². The van der Waals surface area contributed by atoms with Gasteiger partial charge in [0.1, 0.15) is 0 Å². The van der Waals surface area contributed by atoms with E-state index in [4.69, 9.17) is 9.72 Å². The summed E-state index contributed by atoms with van der Waals surface area (Å²) in [4.78, 5) is 35.5. The van der Waals surface area contributed by atoms with Crippen molar-refractivity contribution in [3.05, 3.63) is 23.0 Å². The highest BCUT2D eigenvalue weighted by Crippen LogP contribution is 2.25. The monoisotopic (exact) mass is 432 g/mol. The average molecular weight is 433 g/mol. The highest BCUT2D eigenvalue weighted by molar-refractivity contribution is 7.15. The molecule has 0 radical (unpaired) electrons. The summed E-state index contributed by atoms with van der Waals surface area (Å²) in [5.41, 5.74) is 1.53. The minimum absolute atomic E-state index is 0.0572. The molecular weight excluding hydrogens is 400 g/mol. The van der Waals surface area contributed by atoms with Gasteiger partial charge in [0.25, 0.3) is 5.91 Å². The summed E-state index contributed by atoms with van der Waals surface area (Å²) in [5.74, 6) is -0.132. The second kappa shape index (κ2) is 9.92. The smallest absolute Gasteiger partial charge is 0.310 e. The molecule has 2 fully saturated rings. The van der Waals surface area contributed by atoms with Crippen LogP contribution in [0.25, 0.3) is 4.96 Å². The number of thiazole rings is 1. The van der Waals surface area contributed by atoms with Crippen molar-refractivity contribution in [1.29, 1.82) is 0 Å². The van der Waals surface area contributed by atoms with Crippen LogP contribution >= 0.6 is 11.3 Å². The lowest BCUT2D eigenvalue weighted by molar-refractivity contribution is -0.150. The zero-order valence-corrected chi connectivity index (χ0v) is 18.7. The van der Waals surface area contributed by atoms with E-state index in [1.54, 1.807) is 11.3 Å². The Morgan fingerprint density at radius 1 is 1.13 bits per heavy atom. The van der Waals surface area contributed by atoms with Crippen LogP contribution in [0, 0.1) is 5.92 Å². The molecule has 1 amide bonds. The molecule has 0 spiro atoms. The van der Waals surface area contributed by atoms with E-state index in [0.717, 1.165) is 56.0 Å². The number of hydrogen-bond donors (Lipinski definition) is 0. The van der Waals surface area contributed by atoms with Gasteiger partial charge in [-0.05, 0) is 39.2 Å². The first kappa shape index (κ1) is 21.3. The van der Waals surface area contributed by atoms with Crippen molar-refractivity contribution in [2.75, 3.05) is 32.8 Å². The van der Waals surface area contributed by atoms with Crippen LogP contribution in [-0.2, 0) is 16.1 Å². The maximum Gasteiger partial charge on any atom is 0.310 e. The Hall–Kier alpha value is -1.93. The van der Waals surface area contributed by atoms with E-state index < -0.39 is 0 Å². The van der Waals surface area contributed by atoms with Crippen LogP contribution in [0.5, 0.6) is 0 Å². The lowest BCUT2D eigenvalue weighted by Gasteiger charge is -2.31. The first-order valence-electron chi connectivity index (χ1n) is 11.3. The van der Waals surface area contributed by atoms with Gasteiger partial charge in [-0.3, -0.25) is 18.9 Å². The molecule has 0 unspecified atom stereocenters. The number of carbonyl (C=O) groups excluding carboxylic acids is 2. The molecule has 0 aliphatic carbocycles. The maximum atomic E-state index is 13.4. The van der Waals surface area contributed by atoms with Gasteiger partial charge in [-0.1, -0.05) is 19.3 Å². The van der Waals surface area contributed by atoms with Gasteiger partial charge in [0, 0.05) is 37.8 Å². The molecule has 30 heavy (non-hydrogen) atoms. The summed E-state index contributed by atoms with van der Waals surface area (Å²) in [7, 11) is 0. The molecule has 0 N–H and O–H groups in total. The third-order valence-electron chi connectivity index (χ3n) is 6.21. The first-order valence-corrected chi connectivity index (χ1v) is 12.2. The highest BCUT2D eigenvalue weighted by atomic mass is 32.1. The average Bonchev–Trinajstić information content (AvgIpc) is 3.30. The molecule has 0 saturated carbocycles. The number of hydrogen-bond acceptors (Lipinski definition) is 6. The van der Waals surface area contributed by atoms with Crippen molar-refractivity contribution >= 4 is 28.2 Å². The molecule has 4 rings (SSSR count). The largest absolute Gasteiger partial charge is 0.466 e. The number of amides is 1. The zero-order chi connectivity index (χ0) is 20.9. The van der Waals surface area contributed by atoms with Crippen LogP contribution in [-0.4, -0.2) is 63.8 Å². The topological polar surface area (TPSA) is 67.2 Å². The van der Waals surface area contributed by atoms with Gasteiger partial charge in [-0.25, -0.2) is 4.98 Å². The van der Waals surface area contributed by atoms with Crippen molar-refractivity contribution < 1.29 is 14.3 Å². The summed E-state index contributed by atoms with van der Waals surface area (Å²) in [6, 6.07) is 0. The number of aromatic nitrogens is 2. The Morgan fingerprint density at radius 2 is 1.90 bits per heavy atom. The number of ether oxygens (including phenoxy) is 1. The van der Waals surface area contributed by atoms with Crippen LogP contribution in [0.3, 0.4) is 0 Å². The molecule has 2 aliphatic heterocycles. The number of rotatable bonds is 5. The highest BCUT2D eigenvalue weighted by Gasteiger charge is 2.30. The van der Waals surface area contributed by atoms with Crippen molar-refractivity contribution in [2.24, 2.45) is 5.92 Å². The summed E-state index contributed by atoms with van der Waals surface area (Å²) < 4.78 is 7.30. The van der Waals surface area contributed by atoms with Gasteiger partial charge in [0.05, 0.1) is 18.2 Å². The molecule has 2 aliphatic rings. The third kappa shape index (κ3) is 4.70. The quantitative estimate of drug-likeness (QED) is 0.676. The summed E-state index contributed by atoms with van der Waals surface area (Å²) in [6.45, 7) is 6.12. The fraction of sp³-hybridized carbons (Fsp3) is 0.682. The standard InChI is InChI=1S/C22H32N4O3S/c1-2-29-21(28)17-9-8-10-24(15-17)16-18-19(23-22-26(18)13-14-30-22)20(27)25-11-6-4-3-5-7-12-25/h13-14,17H,2-12,15-16H2,1H3/t17-/m0/s1.